The second-order valence-electron chi connectivity index (χ2n) is 4.84. The van der Waals surface area contributed by atoms with Gasteiger partial charge in [0, 0.05) is 27.7 Å². The van der Waals surface area contributed by atoms with Gasteiger partial charge in [-0.2, -0.15) is 0 Å². The van der Waals surface area contributed by atoms with Crippen LogP contribution in [-0.4, -0.2) is 20.6 Å². The van der Waals surface area contributed by atoms with E-state index in [1.165, 1.54) is 6.08 Å². The van der Waals surface area contributed by atoms with Crippen LogP contribution in [0, 0.1) is 30.3 Å². The van der Waals surface area contributed by atoms with Gasteiger partial charge >= 0.3 is 5.70 Å². The van der Waals surface area contributed by atoms with Gasteiger partial charge in [0.15, 0.2) is 0 Å². The van der Waals surface area contributed by atoms with Gasteiger partial charge in [-0.3, -0.25) is 35.1 Å². The van der Waals surface area contributed by atoms with Crippen LogP contribution in [0.15, 0.2) is 39.6 Å². The Balaban J connectivity index is 2.36. The highest BCUT2D eigenvalue weighted by Crippen LogP contribution is 2.46. The van der Waals surface area contributed by atoms with E-state index in [0.29, 0.717) is 6.08 Å². The predicted molar refractivity (Wildman–Crippen MR) is 82.8 cm³/mol. The Bertz CT molecular complexity index is 974. The Morgan fingerprint density at radius 3 is 2.12 bits per heavy atom. The van der Waals surface area contributed by atoms with E-state index < -0.39 is 31.9 Å². The number of rotatable bonds is 3. The molecule has 11 heteroatoms. The number of benzene rings is 1. The quantitative estimate of drug-likeness (QED) is 0.565. The summed E-state index contributed by atoms with van der Waals surface area (Å²) in [6.07, 6.45) is 1.79. The molecule has 0 aromatic heterocycles. The Kier molecular flexibility index (Phi) is 3.37. The number of nitro benzene ring substituents is 1. The number of hydrogen-bond acceptors (Lipinski definition) is 7. The van der Waals surface area contributed by atoms with Crippen LogP contribution >= 0.6 is 15.9 Å². The van der Waals surface area contributed by atoms with Gasteiger partial charge < -0.3 is 0 Å². The van der Waals surface area contributed by atoms with Crippen LogP contribution in [0.5, 0.6) is 0 Å². The molecule has 0 aliphatic heterocycles. The Hall–Kier alpha value is -3.21. The number of fused-ring (bicyclic) bond motifs is 3. The molecule has 0 unspecified atom stereocenters. The number of non-ortho nitro benzene ring substituents is 1. The Labute approximate surface area is 140 Å². The van der Waals surface area contributed by atoms with Crippen molar-refractivity contribution in [2.75, 3.05) is 0 Å². The lowest BCUT2D eigenvalue weighted by molar-refractivity contribution is -0.430. The van der Waals surface area contributed by atoms with Gasteiger partial charge in [-0.15, -0.1) is 0 Å². The fourth-order valence-electron chi connectivity index (χ4n) is 2.59. The summed E-state index contributed by atoms with van der Waals surface area (Å²) < 4.78 is 0.179. The lowest BCUT2D eigenvalue weighted by Crippen LogP contribution is -2.20. The molecule has 0 heterocycles. The summed E-state index contributed by atoms with van der Waals surface area (Å²) in [7, 11) is 0. The van der Waals surface area contributed by atoms with Gasteiger partial charge in [-0.05, 0) is 27.6 Å². The molecule has 24 heavy (non-hydrogen) atoms. The zero-order chi connectivity index (χ0) is 17.8. The van der Waals surface area contributed by atoms with Crippen LogP contribution in [-0.2, 0) is 4.79 Å². The second-order valence-corrected chi connectivity index (χ2v) is 5.69. The zero-order valence-electron chi connectivity index (χ0n) is 11.4. The lowest BCUT2D eigenvalue weighted by atomic mass is 9.92. The number of nitro groups is 3. The highest BCUT2D eigenvalue weighted by Gasteiger charge is 2.43. The minimum absolute atomic E-state index is 0.0904. The fraction of sp³-hybridized carbons (Fsp3) is 0. The van der Waals surface area contributed by atoms with E-state index in [-0.39, 0.29) is 32.4 Å². The molecular weight excluding hydrogens is 390 g/mol. The normalized spacial score (nSPS) is 15.5. The minimum Gasteiger partial charge on any atom is -0.282 e. The summed E-state index contributed by atoms with van der Waals surface area (Å²) in [4.78, 5) is 42.9. The minimum atomic E-state index is -0.996. The number of allylic oxidation sites excluding steroid dienone is 3. The Morgan fingerprint density at radius 2 is 1.58 bits per heavy atom. The lowest BCUT2D eigenvalue weighted by Gasteiger charge is -2.11. The van der Waals surface area contributed by atoms with Crippen LogP contribution < -0.4 is 0 Å². The molecule has 2 aliphatic carbocycles. The monoisotopic (exact) mass is 393 g/mol. The SMILES string of the molecule is O=C1C2=Cc3cc([N+](=O)[O-])cc(Br)c3C2=C([N+](=O)[O-])C=C1[N+](=O)[O-]. The molecule has 1 aromatic carbocycles. The molecule has 0 spiro atoms. The van der Waals surface area contributed by atoms with Crippen molar-refractivity contribution in [1.82, 2.24) is 0 Å². The highest BCUT2D eigenvalue weighted by atomic mass is 79.9. The van der Waals surface area contributed by atoms with Crippen LogP contribution in [0.2, 0.25) is 0 Å². The van der Waals surface area contributed by atoms with Crippen molar-refractivity contribution in [3.63, 3.8) is 0 Å². The first kappa shape index (κ1) is 15.7. The average Bonchev–Trinajstić information content (AvgIpc) is 2.87. The van der Waals surface area contributed by atoms with Gasteiger partial charge in [0.2, 0.25) is 0 Å². The number of hydrogen-bond donors (Lipinski definition) is 0. The smallest absolute Gasteiger partial charge is 0.282 e. The molecular formula is C13H4BrN3O7. The third-order valence-corrected chi connectivity index (χ3v) is 4.16. The third kappa shape index (κ3) is 2.13. The number of ketones is 1. The molecule has 120 valence electrons. The molecule has 0 fully saturated rings. The zero-order valence-corrected chi connectivity index (χ0v) is 13.0. The first-order chi connectivity index (χ1) is 11.2. The van der Waals surface area contributed by atoms with Gasteiger partial charge in [0.1, 0.15) is 0 Å². The maximum absolute atomic E-state index is 12.2. The maximum Gasteiger partial charge on any atom is 0.323 e. The van der Waals surface area contributed by atoms with E-state index in [1.807, 2.05) is 0 Å². The van der Waals surface area contributed by atoms with E-state index in [9.17, 15) is 35.1 Å². The van der Waals surface area contributed by atoms with Crippen LogP contribution in [0.3, 0.4) is 0 Å². The summed E-state index contributed by atoms with van der Waals surface area (Å²) in [6.45, 7) is 0. The number of Topliss-reactive ketones (excluding diaryl/α,β-unsaturated/α-hetero) is 1. The summed E-state index contributed by atoms with van der Waals surface area (Å²) in [5, 5.41) is 33.2. The van der Waals surface area contributed by atoms with Crippen LogP contribution in [0.25, 0.3) is 11.6 Å². The topological polar surface area (TPSA) is 146 Å². The van der Waals surface area contributed by atoms with Crippen LogP contribution in [0.1, 0.15) is 11.1 Å². The molecule has 0 amide bonds. The first-order valence-corrected chi connectivity index (χ1v) is 7.01. The van der Waals surface area contributed by atoms with Crippen molar-refractivity contribution in [2.45, 2.75) is 0 Å². The molecule has 2 aliphatic rings. The largest absolute Gasteiger partial charge is 0.323 e. The van der Waals surface area contributed by atoms with E-state index >= 15 is 0 Å². The molecule has 0 radical (unpaired) electrons. The molecule has 3 rings (SSSR count). The molecule has 10 nitrogen and oxygen atoms in total. The third-order valence-electron chi connectivity index (χ3n) is 3.54. The summed E-state index contributed by atoms with van der Waals surface area (Å²) in [5.74, 6) is -0.980. The van der Waals surface area contributed by atoms with Crippen molar-refractivity contribution >= 4 is 39.0 Å². The average molecular weight is 394 g/mol. The van der Waals surface area contributed by atoms with E-state index in [0.717, 1.165) is 12.1 Å². The van der Waals surface area contributed by atoms with Gasteiger partial charge in [-0.25, -0.2) is 0 Å². The standard InChI is InChI=1S/C13H4BrN3O7/c14-8-3-6(15(19)20)1-5-2-7-12(11(5)8)9(16(21)22)4-10(13(7)18)17(23)24/h1-4H. The van der Waals surface area contributed by atoms with Crippen molar-refractivity contribution in [3.8, 4) is 0 Å². The molecule has 0 N–H and O–H groups in total. The van der Waals surface area contributed by atoms with E-state index in [2.05, 4.69) is 15.9 Å². The second kappa shape index (κ2) is 5.16. The van der Waals surface area contributed by atoms with E-state index in [4.69, 9.17) is 0 Å². The van der Waals surface area contributed by atoms with Crippen molar-refractivity contribution in [1.29, 1.82) is 0 Å². The number of halogens is 1. The Morgan fingerprint density at radius 1 is 0.917 bits per heavy atom. The van der Waals surface area contributed by atoms with Crippen LogP contribution in [0.4, 0.5) is 5.69 Å². The molecule has 1 aromatic rings. The number of nitrogens with zero attached hydrogens (tertiary/aromatic N) is 3. The van der Waals surface area contributed by atoms with Gasteiger partial charge in [0.05, 0.1) is 26.4 Å². The maximum atomic E-state index is 12.2. The summed E-state index contributed by atoms with van der Waals surface area (Å²) in [6, 6.07) is 2.30. The van der Waals surface area contributed by atoms with Gasteiger partial charge in [0.25, 0.3) is 17.2 Å². The molecule has 0 saturated heterocycles. The summed E-state index contributed by atoms with van der Waals surface area (Å²) >= 11 is 3.11. The fourth-order valence-corrected chi connectivity index (χ4v) is 3.25. The molecule has 0 bridgehead atoms. The van der Waals surface area contributed by atoms with Gasteiger partial charge in [-0.1, -0.05) is 0 Å². The highest BCUT2D eigenvalue weighted by molar-refractivity contribution is 9.10. The number of carbonyl (C=O) groups excluding carboxylic acids is 1. The molecule has 0 atom stereocenters. The van der Waals surface area contributed by atoms with E-state index in [1.54, 1.807) is 0 Å². The molecule has 0 saturated carbocycles. The van der Waals surface area contributed by atoms with Crippen molar-refractivity contribution in [3.05, 3.63) is 81.1 Å². The summed E-state index contributed by atoms with van der Waals surface area (Å²) in [5.41, 5.74) is -1.72. The number of carbonyl (C=O) groups is 1. The van der Waals surface area contributed by atoms with Crippen molar-refractivity contribution < 1.29 is 19.6 Å². The predicted octanol–water partition coefficient (Wildman–Crippen LogP) is 2.49. The first-order valence-electron chi connectivity index (χ1n) is 6.22. The van der Waals surface area contributed by atoms with Crippen molar-refractivity contribution in [2.24, 2.45) is 0 Å².